The van der Waals surface area contributed by atoms with Crippen LogP contribution in [0.1, 0.15) is 16.9 Å². The molecule has 7 nitrogen and oxygen atoms in total. The summed E-state index contributed by atoms with van der Waals surface area (Å²) in [5.41, 5.74) is -0.209. The van der Waals surface area contributed by atoms with Gasteiger partial charge in [0.05, 0.1) is 12.9 Å². The molecule has 2 fully saturated rings. The summed E-state index contributed by atoms with van der Waals surface area (Å²) in [5.74, 6) is -0.113. The van der Waals surface area contributed by atoms with Crippen LogP contribution in [-0.4, -0.2) is 72.7 Å². The Labute approximate surface area is 158 Å². The average molecular weight is 389 g/mol. The van der Waals surface area contributed by atoms with E-state index in [-0.39, 0.29) is 25.0 Å². The number of aromatic nitrogens is 1. The molecular formula is C19H23N3O4S. The molecule has 144 valence electrons. The molecule has 0 aliphatic carbocycles. The summed E-state index contributed by atoms with van der Waals surface area (Å²) in [4.78, 5) is 19.2. The van der Waals surface area contributed by atoms with Crippen molar-refractivity contribution >= 4 is 26.7 Å². The molecule has 0 unspecified atom stereocenters. The normalized spacial score (nSPS) is 26.3. The number of sulfonamides is 1. The highest BCUT2D eigenvalue weighted by molar-refractivity contribution is 7.88. The smallest absolute Gasteiger partial charge is 0.273 e. The number of aliphatic hydroxyl groups excluding tert-OH is 1. The maximum Gasteiger partial charge on any atom is 0.273 e. The molecule has 0 radical (unpaired) electrons. The molecule has 0 spiro atoms. The van der Waals surface area contributed by atoms with Gasteiger partial charge in [-0.05, 0) is 23.8 Å². The molecule has 2 saturated heterocycles. The van der Waals surface area contributed by atoms with Crippen molar-refractivity contribution in [2.24, 2.45) is 11.3 Å². The quantitative estimate of drug-likeness (QED) is 0.844. The number of piperidine rings is 1. The third-order valence-electron chi connectivity index (χ3n) is 5.98. The van der Waals surface area contributed by atoms with Crippen LogP contribution in [0, 0.1) is 11.3 Å². The lowest BCUT2D eigenvalue weighted by atomic mass is 9.74. The van der Waals surface area contributed by atoms with Crippen molar-refractivity contribution in [2.45, 2.75) is 6.42 Å². The number of hydrogen-bond acceptors (Lipinski definition) is 5. The van der Waals surface area contributed by atoms with Gasteiger partial charge in [-0.3, -0.25) is 9.78 Å². The number of hydrogen-bond donors (Lipinski definition) is 1. The van der Waals surface area contributed by atoms with E-state index in [0.29, 0.717) is 31.7 Å². The van der Waals surface area contributed by atoms with Crippen molar-refractivity contribution in [3.05, 3.63) is 42.2 Å². The van der Waals surface area contributed by atoms with E-state index in [9.17, 15) is 18.3 Å². The highest BCUT2D eigenvalue weighted by Gasteiger charge is 2.52. The maximum atomic E-state index is 13.2. The largest absolute Gasteiger partial charge is 0.396 e. The number of carbonyl (C=O) groups excluding carboxylic acids is 1. The first kappa shape index (κ1) is 18.3. The summed E-state index contributed by atoms with van der Waals surface area (Å²) in [6.07, 6.45) is 3.49. The second-order valence-corrected chi connectivity index (χ2v) is 9.65. The minimum absolute atomic E-state index is 0.0572. The topological polar surface area (TPSA) is 90.8 Å². The van der Waals surface area contributed by atoms with Gasteiger partial charge in [0, 0.05) is 43.2 Å². The molecule has 2 aromatic rings. The molecule has 0 bridgehead atoms. The molecule has 2 aliphatic rings. The zero-order valence-electron chi connectivity index (χ0n) is 15.2. The highest BCUT2D eigenvalue weighted by atomic mass is 32.2. The Hall–Kier alpha value is -2.03. The Balaban J connectivity index is 1.64. The van der Waals surface area contributed by atoms with Gasteiger partial charge in [0.2, 0.25) is 10.0 Å². The predicted molar refractivity (Wildman–Crippen MR) is 102 cm³/mol. The zero-order valence-corrected chi connectivity index (χ0v) is 16.0. The number of aliphatic hydroxyl groups is 1. The molecule has 1 aromatic heterocycles. The first-order valence-electron chi connectivity index (χ1n) is 9.03. The SMILES string of the molecule is CS(=O)(=O)N1C[C@H]2CCN(C(=O)c3nccc4ccccc34)C[C@@]2(CO)C1. The van der Waals surface area contributed by atoms with Gasteiger partial charge in [0.1, 0.15) is 5.69 Å². The van der Waals surface area contributed by atoms with Crippen LogP contribution in [0.15, 0.2) is 36.5 Å². The summed E-state index contributed by atoms with van der Waals surface area (Å²) in [5, 5.41) is 11.9. The molecule has 1 aromatic carbocycles. The van der Waals surface area contributed by atoms with Gasteiger partial charge in [0.15, 0.2) is 0 Å². The van der Waals surface area contributed by atoms with E-state index < -0.39 is 15.4 Å². The number of pyridine rings is 1. The van der Waals surface area contributed by atoms with Gasteiger partial charge in [-0.15, -0.1) is 0 Å². The highest BCUT2D eigenvalue weighted by Crippen LogP contribution is 2.43. The van der Waals surface area contributed by atoms with Crippen LogP contribution in [0.4, 0.5) is 0 Å². The Bertz CT molecular complexity index is 988. The van der Waals surface area contributed by atoms with E-state index in [1.54, 1.807) is 11.1 Å². The van der Waals surface area contributed by atoms with E-state index in [2.05, 4.69) is 4.98 Å². The van der Waals surface area contributed by atoms with E-state index in [1.165, 1.54) is 10.6 Å². The van der Waals surface area contributed by atoms with Crippen LogP contribution in [0.25, 0.3) is 10.8 Å². The van der Waals surface area contributed by atoms with Gasteiger partial charge < -0.3 is 10.0 Å². The summed E-state index contributed by atoms with van der Waals surface area (Å²) in [7, 11) is -3.32. The van der Waals surface area contributed by atoms with Crippen molar-refractivity contribution in [1.29, 1.82) is 0 Å². The van der Waals surface area contributed by atoms with Gasteiger partial charge in [0.25, 0.3) is 5.91 Å². The maximum absolute atomic E-state index is 13.2. The Morgan fingerprint density at radius 3 is 2.81 bits per heavy atom. The van der Waals surface area contributed by atoms with Gasteiger partial charge in [-0.1, -0.05) is 24.3 Å². The molecule has 1 N–H and O–H groups in total. The molecule has 3 heterocycles. The lowest BCUT2D eigenvalue weighted by molar-refractivity contribution is 0.0127. The Morgan fingerprint density at radius 2 is 2.07 bits per heavy atom. The van der Waals surface area contributed by atoms with E-state index in [0.717, 1.165) is 10.8 Å². The predicted octanol–water partition coefficient (Wildman–Crippen LogP) is 0.951. The van der Waals surface area contributed by atoms with Gasteiger partial charge >= 0.3 is 0 Å². The van der Waals surface area contributed by atoms with Gasteiger partial charge in [-0.25, -0.2) is 12.7 Å². The lowest BCUT2D eigenvalue weighted by Crippen LogP contribution is -2.52. The monoisotopic (exact) mass is 389 g/mol. The standard InChI is InChI=1S/C19H23N3O4S/c1-27(25,26)22-10-15-7-9-21(11-19(15,12-22)13-23)18(24)17-16-5-3-2-4-14(16)6-8-20-17/h2-6,8,15,23H,7,9-13H2,1H3/t15-,19+/m1/s1. The molecule has 0 saturated carbocycles. The van der Waals surface area contributed by atoms with E-state index >= 15 is 0 Å². The average Bonchev–Trinajstić information content (AvgIpc) is 3.07. The van der Waals surface area contributed by atoms with E-state index in [4.69, 9.17) is 0 Å². The third-order valence-corrected chi connectivity index (χ3v) is 7.20. The number of nitrogens with zero attached hydrogens (tertiary/aromatic N) is 3. The van der Waals surface area contributed by atoms with Crippen LogP contribution < -0.4 is 0 Å². The fourth-order valence-corrected chi connectivity index (χ4v) is 5.37. The minimum atomic E-state index is -3.32. The van der Waals surface area contributed by atoms with Crippen molar-refractivity contribution < 1.29 is 18.3 Å². The summed E-state index contributed by atoms with van der Waals surface area (Å²) in [6, 6.07) is 9.49. The number of likely N-dealkylation sites (tertiary alicyclic amines) is 1. The first-order chi connectivity index (χ1) is 12.8. The Morgan fingerprint density at radius 1 is 1.30 bits per heavy atom. The second-order valence-electron chi connectivity index (χ2n) is 7.67. The Kier molecular flexibility index (Phi) is 4.44. The van der Waals surface area contributed by atoms with Crippen molar-refractivity contribution in [2.75, 3.05) is 39.0 Å². The summed E-state index contributed by atoms with van der Waals surface area (Å²) < 4.78 is 25.4. The number of rotatable bonds is 3. The van der Waals surface area contributed by atoms with Crippen LogP contribution in [0.5, 0.6) is 0 Å². The first-order valence-corrected chi connectivity index (χ1v) is 10.9. The van der Waals surface area contributed by atoms with Gasteiger partial charge in [-0.2, -0.15) is 0 Å². The number of benzene rings is 1. The number of fused-ring (bicyclic) bond motifs is 2. The zero-order chi connectivity index (χ0) is 19.2. The van der Waals surface area contributed by atoms with Crippen molar-refractivity contribution in [1.82, 2.24) is 14.2 Å². The van der Waals surface area contributed by atoms with Crippen molar-refractivity contribution in [3.8, 4) is 0 Å². The van der Waals surface area contributed by atoms with Crippen LogP contribution in [0.3, 0.4) is 0 Å². The molecule has 8 heteroatoms. The van der Waals surface area contributed by atoms with Crippen LogP contribution in [-0.2, 0) is 10.0 Å². The summed E-state index contributed by atoms with van der Waals surface area (Å²) >= 11 is 0. The molecular weight excluding hydrogens is 366 g/mol. The lowest BCUT2D eigenvalue weighted by Gasteiger charge is -2.43. The van der Waals surface area contributed by atoms with Crippen molar-refractivity contribution in [3.63, 3.8) is 0 Å². The fraction of sp³-hybridized carbons (Fsp3) is 0.474. The fourth-order valence-electron chi connectivity index (χ4n) is 4.43. The molecule has 4 rings (SSSR count). The summed E-state index contributed by atoms with van der Waals surface area (Å²) in [6.45, 7) is 1.39. The van der Waals surface area contributed by atoms with Crippen LogP contribution in [0.2, 0.25) is 0 Å². The van der Waals surface area contributed by atoms with Crippen LogP contribution >= 0.6 is 0 Å². The second kappa shape index (κ2) is 6.54. The minimum Gasteiger partial charge on any atom is -0.396 e. The van der Waals surface area contributed by atoms with E-state index in [1.807, 2.05) is 30.3 Å². The molecule has 27 heavy (non-hydrogen) atoms. The molecule has 1 amide bonds. The molecule has 2 aliphatic heterocycles. The third kappa shape index (κ3) is 3.11. The molecule has 2 atom stereocenters. The number of carbonyl (C=O) groups is 1. The number of amides is 1.